The fourth-order valence-corrected chi connectivity index (χ4v) is 0.884. The van der Waals surface area contributed by atoms with Crippen molar-refractivity contribution in [1.82, 2.24) is 0 Å². The van der Waals surface area contributed by atoms with Crippen molar-refractivity contribution < 1.29 is 13.9 Å². The molecule has 1 aromatic rings. The zero-order valence-corrected chi connectivity index (χ0v) is 6.80. The molecule has 0 saturated heterocycles. The first-order chi connectivity index (χ1) is 6.16. The van der Waals surface area contributed by atoms with E-state index in [1.807, 2.05) is 0 Å². The first-order valence-electron chi connectivity index (χ1n) is 3.70. The molecule has 0 saturated carbocycles. The highest BCUT2D eigenvalue weighted by atomic mass is 19.2. The number of nitrogens with two attached hydrogens (primary N) is 1. The van der Waals surface area contributed by atoms with Crippen LogP contribution in [0.2, 0.25) is 0 Å². The van der Waals surface area contributed by atoms with Crippen molar-refractivity contribution in [2.24, 2.45) is 5.73 Å². The maximum Gasteiger partial charge on any atom is 0.200 e. The number of phenols is 1. The summed E-state index contributed by atoms with van der Waals surface area (Å²) < 4.78 is 25.2. The summed E-state index contributed by atoms with van der Waals surface area (Å²) in [5, 5.41) is 9.10. The van der Waals surface area contributed by atoms with Gasteiger partial charge in [0.05, 0.1) is 0 Å². The van der Waals surface area contributed by atoms with E-state index >= 15 is 0 Å². The van der Waals surface area contributed by atoms with Gasteiger partial charge in [-0.2, -0.15) is 4.39 Å². The summed E-state index contributed by atoms with van der Waals surface area (Å²) in [4.78, 5) is 0. The lowest BCUT2D eigenvalue weighted by atomic mass is 10.1. The van der Waals surface area contributed by atoms with Crippen LogP contribution in [0.1, 0.15) is 5.56 Å². The Kier molecular flexibility index (Phi) is 2.97. The third-order valence-electron chi connectivity index (χ3n) is 1.53. The van der Waals surface area contributed by atoms with Gasteiger partial charge in [0.25, 0.3) is 0 Å². The molecular formula is C9H9F2NO. The molecule has 0 aliphatic heterocycles. The molecule has 0 atom stereocenters. The Hall–Kier alpha value is -1.42. The number of aromatic hydroxyl groups is 1. The van der Waals surface area contributed by atoms with Gasteiger partial charge in [0.2, 0.25) is 5.82 Å². The van der Waals surface area contributed by atoms with Crippen LogP contribution in [-0.4, -0.2) is 11.7 Å². The first-order valence-corrected chi connectivity index (χ1v) is 3.70. The van der Waals surface area contributed by atoms with E-state index < -0.39 is 17.4 Å². The third kappa shape index (κ3) is 2.03. The number of hydrogen-bond acceptors (Lipinski definition) is 2. The lowest BCUT2D eigenvalue weighted by Crippen LogP contribution is -1.92. The van der Waals surface area contributed by atoms with Crippen LogP contribution in [0.25, 0.3) is 6.08 Å². The predicted molar refractivity (Wildman–Crippen MR) is 46.1 cm³/mol. The van der Waals surface area contributed by atoms with Gasteiger partial charge < -0.3 is 10.8 Å². The number of halogens is 2. The second-order valence-corrected chi connectivity index (χ2v) is 2.44. The summed E-state index contributed by atoms with van der Waals surface area (Å²) in [7, 11) is 0. The van der Waals surface area contributed by atoms with E-state index in [1.54, 1.807) is 0 Å². The van der Waals surface area contributed by atoms with E-state index in [2.05, 4.69) is 0 Å². The number of phenolic OH excluding ortho intramolecular Hbond substituents is 1. The van der Waals surface area contributed by atoms with Gasteiger partial charge in [0.1, 0.15) is 0 Å². The van der Waals surface area contributed by atoms with E-state index in [0.29, 0.717) is 0 Å². The van der Waals surface area contributed by atoms with Gasteiger partial charge in [-0.1, -0.05) is 12.2 Å². The molecule has 3 N–H and O–H groups in total. The Morgan fingerprint density at radius 3 is 2.69 bits per heavy atom. The summed E-state index contributed by atoms with van der Waals surface area (Å²) in [6.45, 7) is 0.276. The van der Waals surface area contributed by atoms with Crippen LogP contribution in [0, 0.1) is 11.6 Å². The number of hydrogen-bond donors (Lipinski definition) is 2. The third-order valence-corrected chi connectivity index (χ3v) is 1.53. The Morgan fingerprint density at radius 1 is 1.38 bits per heavy atom. The summed E-state index contributed by atoms with van der Waals surface area (Å²) in [6, 6.07) is 2.23. The van der Waals surface area contributed by atoms with Gasteiger partial charge in [-0.15, -0.1) is 0 Å². The topological polar surface area (TPSA) is 46.2 Å². The maximum absolute atomic E-state index is 12.7. The lowest BCUT2D eigenvalue weighted by Gasteiger charge is -2.00. The normalized spacial score (nSPS) is 11.0. The van der Waals surface area contributed by atoms with Gasteiger partial charge in [0.15, 0.2) is 11.6 Å². The Labute approximate surface area is 74.3 Å². The van der Waals surface area contributed by atoms with E-state index in [1.165, 1.54) is 18.2 Å². The quantitative estimate of drug-likeness (QED) is 0.735. The first kappa shape index (κ1) is 9.67. The smallest absolute Gasteiger partial charge is 0.200 e. The van der Waals surface area contributed by atoms with Gasteiger partial charge in [-0.25, -0.2) is 4.39 Å². The summed E-state index contributed by atoms with van der Waals surface area (Å²) >= 11 is 0. The monoisotopic (exact) mass is 185 g/mol. The average molecular weight is 185 g/mol. The van der Waals surface area contributed by atoms with Crippen LogP contribution in [0.3, 0.4) is 0 Å². The maximum atomic E-state index is 12.7. The van der Waals surface area contributed by atoms with Crippen LogP contribution in [0.4, 0.5) is 8.78 Å². The Bertz CT molecular complexity index is 337. The molecule has 2 nitrogen and oxygen atoms in total. The summed E-state index contributed by atoms with van der Waals surface area (Å²) in [6.07, 6.45) is 2.96. The molecule has 0 aliphatic carbocycles. The van der Waals surface area contributed by atoms with Crippen molar-refractivity contribution >= 4 is 6.08 Å². The molecule has 0 aliphatic rings. The molecule has 1 rings (SSSR count). The molecule has 70 valence electrons. The van der Waals surface area contributed by atoms with Gasteiger partial charge in [0, 0.05) is 12.1 Å². The molecule has 0 fully saturated rings. The van der Waals surface area contributed by atoms with Crippen LogP contribution < -0.4 is 5.73 Å². The molecule has 13 heavy (non-hydrogen) atoms. The van der Waals surface area contributed by atoms with Crippen LogP contribution in [0.15, 0.2) is 18.2 Å². The average Bonchev–Trinajstić information content (AvgIpc) is 2.13. The van der Waals surface area contributed by atoms with Crippen molar-refractivity contribution in [3.63, 3.8) is 0 Å². The predicted octanol–water partition coefficient (Wildman–Crippen LogP) is 1.64. The minimum atomic E-state index is -1.24. The van der Waals surface area contributed by atoms with Crippen molar-refractivity contribution in [3.05, 3.63) is 35.4 Å². The van der Waals surface area contributed by atoms with Crippen molar-refractivity contribution in [1.29, 1.82) is 0 Å². The minimum Gasteiger partial charge on any atom is -0.504 e. The zero-order chi connectivity index (χ0) is 9.84. The summed E-state index contributed by atoms with van der Waals surface area (Å²) in [5.74, 6) is -2.99. The summed E-state index contributed by atoms with van der Waals surface area (Å²) in [5.41, 5.74) is 5.37. The molecule has 0 aromatic heterocycles. The van der Waals surface area contributed by atoms with E-state index in [-0.39, 0.29) is 12.1 Å². The zero-order valence-electron chi connectivity index (χ0n) is 6.80. The molecule has 1 aromatic carbocycles. The van der Waals surface area contributed by atoms with Crippen molar-refractivity contribution in [2.75, 3.05) is 6.54 Å². The largest absolute Gasteiger partial charge is 0.504 e. The molecule has 0 bridgehead atoms. The Morgan fingerprint density at radius 2 is 2.08 bits per heavy atom. The van der Waals surface area contributed by atoms with E-state index in [0.717, 1.165) is 6.07 Å². The molecule has 0 spiro atoms. The standard InChI is InChI=1S/C9H9F2NO/c10-7-4-3-6(2-1-5-12)9(13)8(7)11/h1-4,13H,5,12H2/b2-1+. The molecular weight excluding hydrogens is 176 g/mol. The fourth-order valence-electron chi connectivity index (χ4n) is 0.884. The van der Waals surface area contributed by atoms with Gasteiger partial charge in [-0.05, 0) is 12.1 Å². The van der Waals surface area contributed by atoms with Crippen molar-refractivity contribution in [3.8, 4) is 5.75 Å². The van der Waals surface area contributed by atoms with Crippen molar-refractivity contribution in [2.45, 2.75) is 0 Å². The highest BCUT2D eigenvalue weighted by Gasteiger charge is 2.09. The lowest BCUT2D eigenvalue weighted by molar-refractivity contribution is 0.406. The van der Waals surface area contributed by atoms with Gasteiger partial charge >= 0.3 is 0 Å². The second kappa shape index (κ2) is 4.00. The molecule has 0 amide bonds. The highest BCUT2D eigenvalue weighted by molar-refractivity contribution is 5.57. The fraction of sp³-hybridized carbons (Fsp3) is 0.111. The number of benzene rings is 1. The van der Waals surface area contributed by atoms with Crippen LogP contribution in [0.5, 0.6) is 5.75 Å². The van der Waals surface area contributed by atoms with Crippen LogP contribution in [-0.2, 0) is 0 Å². The SMILES string of the molecule is NC/C=C/c1ccc(F)c(F)c1O. The molecule has 0 heterocycles. The molecule has 0 unspecified atom stereocenters. The number of rotatable bonds is 2. The van der Waals surface area contributed by atoms with Crippen LogP contribution >= 0.6 is 0 Å². The van der Waals surface area contributed by atoms with E-state index in [9.17, 15) is 8.78 Å². The van der Waals surface area contributed by atoms with E-state index in [4.69, 9.17) is 10.8 Å². The second-order valence-electron chi connectivity index (χ2n) is 2.44. The molecule has 4 heteroatoms. The Balaban J connectivity index is 3.11. The molecule has 0 radical (unpaired) electrons. The minimum absolute atomic E-state index is 0.212. The van der Waals surface area contributed by atoms with Gasteiger partial charge in [-0.3, -0.25) is 0 Å². The highest BCUT2D eigenvalue weighted by Crippen LogP contribution is 2.24.